The molecule has 3 aromatic rings. The fourth-order valence-corrected chi connectivity index (χ4v) is 4.59. The molecule has 1 aromatic heterocycles. The van der Waals surface area contributed by atoms with E-state index in [9.17, 15) is 9.59 Å². The number of aryl methyl sites for hydroxylation is 1. The van der Waals surface area contributed by atoms with Crippen LogP contribution in [0.3, 0.4) is 0 Å². The van der Waals surface area contributed by atoms with Crippen LogP contribution in [0.5, 0.6) is 0 Å². The number of hydrogen-bond acceptors (Lipinski definition) is 3. The van der Waals surface area contributed by atoms with E-state index in [0.717, 1.165) is 29.7 Å². The minimum Gasteiger partial charge on any atom is -0.359 e. The van der Waals surface area contributed by atoms with Gasteiger partial charge < -0.3 is 10.2 Å². The number of benzene rings is 2. The number of likely N-dealkylation sites (tertiary alicyclic amines) is 1. The average Bonchev–Trinajstić information content (AvgIpc) is 3.47. The van der Waals surface area contributed by atoms with Crippen molar-refractivity contribution >= 4 is 11.8 Å². The van der Waals surface area contributed by atoms with Crippen LogP contribution in [0.4, 0.5) is 0 Å². The van der Waals surface area contributed by atoms with E-state index < -0.39 is 5.41 Å². The van der Waals surface area contributed by atoms with Crippen molar-refractivity contribution in [1.29, 1.82) is 0 Å². The third-order valence-corrected chi connectivity index (χ3v) is 6.24. The summed E-state index contributed by atoms with van der Waals surface area (Å²) in [5.41, 5.74) is 3.16. The molecule has 0 aliphatic carbocycles. The van der Waals surface area contributed by atoms with Crippen molar-refractivity contribution in [2.75, 3.05) is 20.1 Å². The molecule has 2 amide bonds. The molecule has 1 aliphatic rings. The van der Waals surface area contributed by atoms with E-state index >= 15 is 0 Å². The van der Waals surface area contributed by atoms with Crippen LogP contribution in [0.1, 0.15) is 35.8 Å². The molecule has 166 valence electrons. The first-order valence-electron chi connectivity index (χ1n) is 11.2. The molecule has 6 heteroatoms. The summed E-state index contributed by atoms with van der Waals surface area (Å²) in [6.07, 6.45) is 4.01. The van der Waals surface area contributed by atoms with Gasteiger partial charge in [-0.3, -0.25) is 14.3 Å². The van der Waals surface area contributed by atoms with Crippen molar-refractivity contribution in [2.24, 2.45) is 5.41 Å². The van der Waals surface area contributed by atoms with Crippen LogP contribution in [0.15, 0.2) is 66.9 Å². The monoisotopic (exact) mass is 430 g/mol. The van der Waals surface area contributed by atoms with Gasteiger partial charge in [0.05, 0.1) is 5.41 Å². The lowest BCUT2D eigenvalue weighted by molar-refractivity contribution is -0.129. The Hall–Kier alpha value is -3.41. The number of carbonyl (C=O) groups excluding carboxylic acids is 2. The van der Waals surface area contributed by atoms with Crippen molar-refractivity contribution in [1.82, 2.24) is 20.0 Å². The fourth-order valence-electron chi connectivity index (χ4n) is 4.59. The zero-order valence-electron chi connectivity index (χ0n) is 18.8. The van der Waals surface area contributed by atoms with Gasteiger partial charge in [0, 0.05) is 32.9 Å². The molecule has 1 atom stereocenters. The molecule has 1 saturated heterocycles. The number of nitrogens with one attached hydrogen (secondary N) is 1. The zero-order valence-corrected chi connectivity index (χ0v) is 18.8. The highest BCUT2D eigenvalue weighted by Crippen LogP contribution is 2.36. The van der Waals surface area contributed by atoms with Crippen molar-refractivity contribution in [2.45, 2.75) is 32.7 Å². The van der Waals surface area contributed by atoms with Gasteiger partial charge >= 0.3 is 0 Å². The predicted molar refractivity (Wildman–Crippen MR) is 125 cm³/mol. The van der Waals surface area contributed by atoms with Gasteiger partial charge in [0.1, 0.15) is 5.69 Å². The molecule has 0 spiro atoms. The SMILES string of the molecule is CCCn1ccc(C(=O)N2CC[C@@](Cc3cccc(-c4ccccc4)c3)(C(=O)NC)C2)n1. The third kappa shape index (κ3) is 4.44. The Morgan fingerprint density at radius 1 is 1.06 bits per heavy atom. The van der Waals surface area contributed by atoms with Gasteiger partial charge in [0.2, 0.25) is 5.91 Å². The predicted octanol–water partition coefficient (Wildman–Crippen LogP) is 3.78. The standard InChI is InChI=1S/C26H30N4O2/c1-3-14-30-15-12-23(28-30)24(31)29-16-13-26(19-29,25(32)27-2)18-20-8-7-11-22(17-20)21-9-5-4-6-10-21/h4-12,15,17H,3,13-14,16,18-19H2,1-2H3,(H,27,32)/t26-/m0/s1. The Kier molecular flexibility index (Phi) is 6.40. The van der Waals surface area contributed by atoms with E-state index in [1.54, 1.807) is 22.7 Å². The van der Waals surface area contributed by atoms with Gasteiger partial charge in [-0.15, -0.1) is 0 Å². The second kappa shape index (κ2) is 9.39. The third-order valence-electron chi connectivity index (χ3n) is 6.24. The fraction of sp³-hybridized carbons (Fsp3) is 0.346. The number of amides is 2. The van der Waals surface area contributed by atoms with Crippen molar-refractivity contribution in [3.63, 3.8) is 0 Å². The first kappa shape index (κ1) is 21.8. The van der Waals surface area contributed by atoms with Crippen LogP contribution < -0.4 is 5.32 Å². The van der Waals surface area contributed by atoms with Crippen molar-refractivity contribution in [3.05, 3.63) is 78.1 Å². The Morgan fingerprint density at radius 3 is 2.59 bits per heavy atom. The van der Waals surface area contributed by atoms with Crippen LogP contribution in [-0.2, 0) is 17.8 Å². The van der Waals surface area contributed by atoms with E-state index in [1.165, 1.54) is 0 Å². The van der Waals surface area contributed by atoms with E-state index in [4.69, 9.17) is 0 Å². The first-order chi connectivity index (χ1) is 15.5. The van der Waals surface area contributed by atoms with Gasteiger partial charge in [-0.05, 0) is 42.0 Å². The summed E-state index contributed by atoms with van der Waals surface area (Å²) < 4.78 is 1.80. The maximum absolute atomic E-state index is 13.1. The average molecular weight is 431 g/mol. The quantitative estimate of drug-likeness (QED) is 0.620. The molecule has 32 heavy (non-hydrogen) atoms. The van der Waals surface area contributed by atoms with E-state index in [2.05, 4.69) is 47.7 Å². The number of rotatable bonds is 7. The van der Waals surface area contributed by atoms with Gasteiger partial charge in [-0.25, -0.2) is 0 Å². The molecular formula is C26H30N4O2. The molecule has 0 saturated carbocycles. The molecule has 4 rings (SSSR count). The van der Waals surface area contributed by atoms with Gasteiger partial charge in [0.15, 0.2) is 0 Å². The van der Waals surface area contributed by atoms with E-state index in [0.29, 0.717) is 31.6 Å². The lowest BCUT2D eigenvalue weighted by Gasteiger charge is -2.27. The second-order valence-corrected chi connectivity index (χ2v) is 8.54. The van der Waals surface area contributed by atoms with E-state index in [-0.39, 0.29) is 11.8 Å². The second-order valence-electron chi connectivity index (χ2n) is 8.54. The summed E-state index contributed by atoms with van der Waals surface area (Å²) in [6.45, 7) is 3.80. The highest BCUT2D eigenvalue weighted by atomic mass is 16.2. The molecule has 1 N–H and O–H groups in total. The summed E-state index contributed by atoms with van der Waals surface area (Å²) in [5, 5.41) is 7.25. The van der Waals surface area contributed by atoms with Crippen LogP contribution in [-0.4, -0.2) is 46.6 Å². The highest BCUT2D eigenvalue weighted by Gasteiger charge is 2.46. The Labute approximate surface area is 189 Å². The van der Waals surface area contributed by atoms with Crippen LogP contribution in [0.25, 0.3) is 11.1 Å². The maximum atomic E-state index is 13.1. The molecule has 0 unspecified atom stereocenters. The normalized spacial score (nSPS) is 18.0. The molecule has 2 aromatic carbocycles. The molecule has 1 aliphatic heterocycles. The minimum absolute atomic E-state index is 0.0190. The Morgan fingerprint density at radius 2 is 1.84 bits per heavy atom. The summed E-state index contributed by atoms with van der Waals surface area (Å²) in [6, 6.07) is 20.3. The summed E-state index contributed by atoms with van der Waals surface area (Å²) >= 11 is 0. The molecule has 0 bridgehead atoms. The van der Waals surface area contributed by atoms with Crippen LogP contribution in [0, 0.1) is 5.41 Å². The first-order valence-corrected chi connectivity index (χ1v) is 11.2. The van der Waals surface area contributed by atoms with E-state index in [1.807, 2.05) is 30.5 Å². The summed E-state index contributed by atoms with van der Waals surface area (Å²) in [5.74, 6) is -0.127. The largest absolute Gasteiger partial charge is 0.359 e. The molecule has 6 nitrogen and oxygen atoms in total. The maximum Gasteiger partial charge on any atom is 0.274 e. The number of carbonyl (C=O) groups is 2. The molecule has 1 fully saturated rings. The highest BCUT2D eigenvalue weighted by molar-refractivity contribution is 5.93. The number of aromatic nitrogens is 2. The van der Waals surface area contributed by atoms with Gasteiger partial charge in [-0.2, -0.15) is 5.10 Å². The molecule has 2 heterocycles. The smallest absolute Gasteiger partial charge is 0.274 e. The lowest BCUT2D eigenvalue weighted by atomic mass is 9.79. The van der Waals surface area contributed by atoms with Gasteiger partial charge in [-0.1, -0.05) is 61.5 Å². The van der Waals surface area contributed by atoms with Crippen molar-refractivity contribution < 1.29 is 9.59 Å². The summed E-state index contributed by atoms with van der Waals surface area (Å²) in [7, 11) is 1.67. The lowest BCUT2D eigenvalue weighted by Crippen LogP contribution is -2.44. The molecule has 0 radical (unpaired) electrons. The molecular weight excluding hydrogens is 400 g/mol. The van der Waals surface area contributed by atoms with Crippen LogP contribution in [0.2, 0.25) is 0 Å². The zero-order chi connectivity index (χ0) is 22.6. The summed E-state index contributed by atoms with van der Waals surface area (Å²) in [4.78, 5) is 27.9. The van der Waals surface area contributed by atoms with Gasteiger partial charge in [0.25, 0.3) is 5.91 Å². The number of nitrogens with zero attached hydrogens (tertiary/aromatic N) is 3. The van der Waals surface area contributed by atoms with Crippen molar-refractivity contribution in [3.8, 4) is 11.1 Å². The Bertz CT molecular complexity index is 1090. The van der Waals surface area contributed by atoms with Crippen LogP contribution >= 0.6 is 0 Å². The topological polar surface area (TPSA) is 67.2 Å². The number of hydrogen-bond donors (Lipinski definition) is 1. The Balaban J connectivity index is 1.55. The minimum atomic E-state index is -0.647.